The number of nitrogens with zero attached hydrogens (tertiary/aromatic N) is 1. The van der Waals surface area contributed by atoms with Crippen LogP contribution in [-0.4, -0.2) is 25.6 Å². The lowest BCUT2D eigenvalue weighted by molar-refractivity contribution is 0.685. The summed E-state index contributed by atoms with van der Waals surface area (Å²) in [6.45, 7) is 5.14. The maximum absolute atomic E-state index is 4.17. The molecule has 0 heterocycles. The highest BCUT2D eigenvalue weighted by Crippen LogP contribution is 2.12. The fraction of sp³-hybridized carbons (Fsp3) is 0.500. The average Bonchev–Trinajstić information content (AvgIpc) is 2.32. The molecule has 0 unspecified atom stereocenters. The lowest BCUT2D eigenvalue weighted by atomic mass is 10.1. The van der Waals surface area contributed by atoms with Gasteiger partial charge in [-0.3, -0.25) is 4.99 Å². The van der Waals surface area contributed by atoms with E-state index >= 15 is 0 Å². The van der Waals surface area contributed by atoms with Gasteiger partial charge in [0, 0.05) is 24.1 Å². The van der Waals surface area contributed by atoms with Crippen molar-refractivity contribution in [2.45, 2.75) is 32.7 Å². The van der Waals surface area contributed by atoms with Gasteiger partial charge in [0.1, 0.15) is 0 Å². The molecule has 1 aromatic carbocycles. The monoisotopic (exact) mass is 311 g/mol. The number of aliphatic imine (C=N–C) groups is 1. The van der Waals surface area contributed by atoms with E-state index in [4.69, 9.17) is 0 Å². The first-order valence-corrected chi connectivity index (χ1v) is 7.12. The molecule has 3 nitrogen and oxygen atoms in total. The fourth-order valence-corrected chi connectivity index (χ4v) is 2.11. The van der Waals surface area contributed by atoms with Gasteiger partial charge in [-0.2, -0.15) is 0 Å². The molecule has 0 radical (unpaired) electrons. The third-order valence-electron chi connectivity index (χ3n) is 2.47. The molecule has 4 heteroatoms. The van der Waals surface area contributed by atoms with E-state index in [0.717, 1.165) is 29.8 Å². The molecule has 0 aliphatic rings. The second-order valence-corrected chi connectivity index (χ2v) is 5.45. The number of guanidine groups is 1. The average molecular weight is 312 g/mol. The van der Waals surface area contributed by atoms with Crippen molar-refractivity contribution < 1.29 is 0 Å². The zero-order chi connectivity index (χ0) is 13.4. The van der Waals surface area contributed by atoms with Crippen molar-refractivity contribution in [3.8, 4) is 0 Å². The van der Waals surface area contributed by atoms with Gasteiger partial charge in [0.25, 0.3) is 0 Å². The van der Waals surface area contributed by atoms with Crippen molar-refractivity contribution in [1.29, 1.82) is 0 Å². The van der Waals surface area contributed by atoms with Gasteiger partial charge in [-0.1, -0.05) is 28.1 Å². The Morgan fingerprint density at radius 1 is 1.39 bits per heavy atom. The van der Waals surface area contributed by atoms with E-state index in [1.54, 1.807) is 7.05 Å². The van der Waals surface area contributed by atoms with Gasteiger partial charge in [0.15, 0.2) is 5.96 Å². The Labute approximate surface area is 118 Å². The van der Waals surface area contributed by atoms with Crippen LogP contribution in [0.25, 0.3) is 0 Å². The number of rotatable bonds is 5. The molecule has 0 spiro atoms. The highest BCUT2D eigenvalue weighted by atomic mass is 79.9. The summed E-state index contributed by atoms with van der Waals surface area (Å²) in [6, 6.07) is 8.86. The van der Waals surface area contributed by atoms with Crippen molar-refractivity contribution in [3.05, 3.63) is 34.3 Å². The highest BCUT2D eigenvalue weighted by molar-refractivity contribution is 9.10. The first-order chi connectivity index (χ1) is 8.61. The molecule has 0 saturated carbocycles. The molecule has 100 valence electrons. The van der Waals surface area contributed by atoms with Crippen LogP contribution in [-0.2, 0) is 6.42 Å². The largest absolute Gasteiger partial charge is 0.356 e. The topological polar surface area (TPSA) is 36.4 Å². The van der Waals surface area contributed by atoms with Crippen LogP contribution in [0.3, 0.4) is 0 Å². The number of nitrogens with one attached hydrogen (secondary N) is 2. The zero-order valence-corrected chi connectivity index (χ0v) is 12.9. The lowest BCUT2D eigenvalue weighted by Gasteiger charge is -2.14. The molecule has 1 aromatic rings. The minimum atomic E-state index is 0.404. The second kappa shape index (κ2) is 8.14. The maximum Gasteiger partial charge on any atom is 0.191 e. The van der Waals surface area contributed by atoms with Crippen LogP contribution in [0.4, 0.5) is 0 Å². The van der Waals surface area contributed by atoms with E-state index in [9.17, 15) is 0 Å². The molecule has 1 rings (SSSR count). The summed E-state index contributed by atoms with van der Waals surface area (Å²) in [4.78, 5) is 4.17. The van der Waals surface area contributed by atoms with Crippen LogP contribution in [0.2, 0.25) is 0 Å². The van der Waals surface area contributed by atoms with Crippen molar-refractivity contribution >= 4 is 21.9 Å². The molecule has 0 aliphatic heterocycles. The van der Waals surface area contributed by atoms with E-state index in [1.165, 1.54) is 5.56 Å². The first-order valence-electron chi connectivity index (χ1n) is 6.33. The SMILES string of the molecule is CN=C(NCCCc1cccc(Br)c1)NC(C)C. The number of hydrogen-bond donors (Lipinski definition) is 2. The molecule has 2 N–H and O–H groups in total. The van der Waals surface area contributed by atoms with Crippen molar-refractivity contribution in [1.82, 2.24) is 10.6 Å². The van der Waals surface area contributed by atoms with Gasteiger partial charge < -0.3 is 10.6 Å². The lowest BCUT2D eigenvalue weighted by Crippen LogP contribution is -2.41. The van der Waals surface area contributed by atoms with Gasteiger partial charge in [-0.25, -0.2) is 0 Å². The summed E-state index contributed by atoms with van der Waals surface area (Å²) in [7, 11) is 1.80. The van der Waals surface area contributed by atoms with Crippen molar-refractivity contribution in [2.75, 3.05) is 13.6 Å². The second-order valence-electron chi connectivity index (χ2n) is 4.53. The number of halogens is 1. The minimum absolute atomic E-state index is 0.404. The summed E-state index contributed by atoms with van der Waals surface area (Å²) in [6.07, 6.45) is 2.17. The van der Waals surface area contributed by atoms with Gasteiger partial charge in [0.2, 0.25) is 0 Å². The van der Waals surface area contributed by atoms with E-state index in [0.29, 0.717) is 6.04 Å². The predicted octanol–water partition coefficient (Wildman–Crippen LogP) is 2.96. The zero-order valence-electron chi connectivity index (χ0n) is 11.3. The highest BCUT2D eigenvalue weighted by Gasteiger charge is 1.99. The maximum atomic E-state index is 4.17. The molecular formula is C14H22BrN3. The Morgan fingerprint density at radius 2 is 2.17 bits per heavy atom. The molecular weight excluding hydrogens is 290 g/mol. The molecule has 0 aromatic heterocycles. The van der Waals surface area contributed by atoms with Crippen LogP contribution in [0.5, 0.6) is 0 Å². The third-order valence-corrected chi connectivity index (χ3v) is 2.97. The summed E-state index contributed by atoms with van der Waals surface area (Å²) >= 11 is 3.49. The molecule has 18 heavy (non-hydrogen) atoms. The van der Waals surface area contributed by atoms with Crippen LogP contribution in [0, 0.1) is 0 Å². The van der Waals surface area contributed by atoms with Gasteiger partial charge >= 0.3 is 0 Å². The molecule has 0 bridgehead atoms. The van der Waals surface area contributed by atoms with E-state index in [1.807, 2.05) is 0 Å². The molecule has 0 saturated heterocycles. The summed E-state index contributed by atoms with van der Waals surface area (Å²) in [5.74, 6) is 0.874. The quantitative estimate of drug-likeness (QED) is 0.498. The van der Waals surface area contributed by atoms with E-state index < -0.39 is 0 Å². The third kappa shape index (κ3) is 6.05. The van der Waals surface area contributed by atoms with Gasteiger partial charge in [-0.05, 0) is 44.4 Å². The number of benzene rings is 1. The van der Waals surface area contributed by atoms with Gasteiger partial charge in [-0.15, -0.1) is 0 Å². The van der Waals surface area contributed by atoms with E-state index in [-0.39, 0.29) is 0 Å². The Hall–Kier alpha value is -1.03. The Balaban J connectivity index is 2.26. The Bertz CT molecular complexity index is 388. The predicted molar refractivity (Wildman–Crippen MR) is 82.1 cm³/mol. The molecule has 0 atom stereocenters. The van der Waals surface area contributed by atoms with Gasteiger partial charge in [0.05, 0.1) is 0 Å². The van der Waals surface area contributed by atoms with Crippen molar-refractivity contribution in [3.63, 3.8) is 0 Å². The summed E-state index contributed by atoms with van der Waals surface area (Å²) in [5, 5.41) is 6.58. The van der Waals surface area contributed by atoms with Crippen LogP contribution < -0.4 is 10.6 Å². The Kier molecular flexibility index (Phi) is 6.80. The van der Waals surface area contributed by atoms with E-state index in [2.05, 4.69) is 69.7 Å². The molecule has 0 aliphatic carbocycles. The summed E-state index contributed by atoms with van der Waals surface area (Å²) in [5.41, 5.74) is 1.36. The smallest absolute Gasteiger partial charge is 0.191 e. The standard InChI is InChI=1S/C14H22BrN3/c1-11(2)18-14(16-3)17-9-5-7-12-6-4-8-13(15)10-12/h4,6,8,10-11H,5,7,9H2,1-3H3,(H2,16,17,18). The molecule has 0 fully saturated rings. The number of hydrogen-bond acceptors (Lipinski definition) is 1. The normalized spacial score (nSPS) is 11.7. The van der Waals surface area contributed by atoms with Crippen LogP contribution in [0.15, 0.2) is 33.7 Å². The van der Waals surface area contributed by atoms with Crippen molar-refractivity contribution in [2.24, 2.45) is 4.99 Å². The number of aryl methyl sites for hydroxylation is 1. The Morgan fingerprint density at radius 3 is 2.78 bits per heavy atom. The van der Waals surface area contributed by atoms with Crippen LogP contribution >= 0.6 is 15.9 Å². The summed E-state index contributed by atoms with van der Waals surface area (Å²) < 4.78 is 1.14. The van der Waals surface area contributed by atoms with Crippen LogP contribution in [0.1, 0.15) is 25.8 Å². The minimum Gasteiger partial charge on any atom is -0.356 e. The molecule has 0 amide bonds. The first kappa shape index (κ1) is 15.0. The fourth-order valence-electron chi connectivity index (χ4n) is 1.66.